The first kappa shape index (κ1) is 26.5. The van der Waals surface area contributed by atoms with Crippen molar-refractivity contribution in [1.82, 2.24) is 14.7 Å². The minimum atomic E-state index is -0.505. The van der Waals surface area contributed by atoms with Gasteiger partial charge in [-0.1, -0.05) is 0 Å². The summed E-state index contributed by atoms with van der Waals surface area (Å²) in [5.74, 6) is 0.247. The summed E-state index contributed by atoms with van der Waals surface area (Å²) in [4.78, 5) is 30.4. The number of aryl methyl sites for hydroxylation is 1. The molecule has 4 heterocycles. The van der Waals surface area contributed by atoms with Crippen LogP contribution in [-0.2, 0) is 9.53 Å². The molecule has 0 aromatic heterocycles. The topological polar surface area (TPSA) is 61.9 Å². The van der Waals surface area contributed by atoms with E-state index in [4.69, 9.17) is 4.74 Å². The number of nitrogens with one attached hydrogen (secondary N) is 1. The second-order valence-corrected chi connectivity index (χ2v) is 13.1. The van der Waals surface area contributed by atoms with E-state index in [1.54, 1.807) is 4.90 Å². The number of benzene rings is 1. The number of likely N-dealkylation sites (tertiary alicyclic amines) is 2. The van der Waals surface area contributed by atoms with E-state index in [1.807, 2.05) is 20.8 Å². The average Bonchev–Trinajstić information content (AvgIpc) is 3.51. The van der Waals surface area contributed by atoms with Crippen molar-refractivity contribution in [2.75, 3.05) is 44.2 Å². The van der Waals surface area contributed by atoms with Gasteiger partial charge in [-0.2, -0.15) is 0 Å². The van der Waals surface area contributed by atoms with Crippen molar-refractivity contribution in [1.29, 1.82) is 0 Å². The highest BCUT2D eigenvalue weighted by Crippen LogP contribution is 2.45. The molecule has 5 rings (SSSR count). The van der Waals surface area contributed by atoms with Crippen LogP contribution >= 0.6 is 0 Å². The molecule has 0 saturated carbocycles. The van der Waals surface area contributed by atoms with E-state index in [9.17, 15) is 9.59 Å². The number of hydrogen-bond donors (Lipinski definition) is 1. The third-order valence-corrected chi connectivity index (χ3v) is 9.68. The third kappa shape index (κ3) is 4.78. The molecular weight excluding hydrogens is 464 g/mol. The lowest BCUT2D eigenvalue weighted by atomic mass is 9.71. The molecule has 4 aliphatic heterocycles. The zero-order valence-corrected chi connectivity index (χ0v) is 23.6. The van der Waals surface area contributed by atoms with Gasteiger partial charge in [0.15, 0.2) is 0 Å². The monoisotopic (exact) mass is 511 g/mol. The average molecular weight is 512 g/mol. The molecule has 4 fully saturated rings. The smallest absolute Gasteiger partial charge is 0.410 e. The molecule has 37 heavy (non-hydrogen) atoms. The first-order valence-corrected chi connectivity index (χ1v) is 14.6. The summed E-state index contributed by atoms with van der Waals surface area (Å²) in [7, 11) is 0. The van der Waals surface area contributed by atoms with Gasteiger partial charge in [0.05, 0.1) is 18.0 Å². The Balaban J connectivity index is 1.34. The number of rotatable bonds is 3. The van der Waals surface area contributed by atoms with Crippen molar-refractivity contribution >= 4 is 23.4 Å². The van der Waals surface area contributed by atoms with Crippen LogP contribution in [0, 0.1) is 12.3 Å². The first-order chi connectivity index (χ1) is 17.6. The van der Waals surface area contributed by atoms with Crippen molar-refractivity contribution < 1.29 is 14.3 Å². The van der Waals surface area contributed by atoms with Crippen molar-refractivity contribution in [2.45, 2.75) is 97.2 Å². The number of carbonyl (C=O) groups excluding carboxylic acids is 2. The highest BCUT2D eigenvalue weighted by molar-refractivity contribution is 5.99. The number of amides is 2. The Bertz CT molecular complexity index is 1020. The summed E-state index contributed by atoms with van der Waals surface area (Å²) < 4.78 is 6.67. The van der Waals surface area contributed by atoms with Gasteiger partial charge in [0.1, 0.15) is 17.3 Å². The van der Waals surface area contributed by atoms with Crippen LogP contribution in [0.3, 0.4) is 0 Å². The number of carbonyl (C=O) groups is 2. The fourth-order valence-electron chi connectivity index (χ4n) is 7.68. The number of nitrogens with zero attached hydrogens (tertiary/aromatic N) is 3. The molecule has 0 bridgehead atoms. The quantitative estimate of drug-likeness (QED) is 0.581. The molecule has 0 aliphatic carbocycles. The molecule has 1 unspecified atom stereocenters. The van der Waals surface area contributed by atoms with Gasteiger partial charge in [-0.05, 0) is 71.9 Å². The highest BCUT2D eigenvalue weighted by Gasteiger charge is 2.49. The molecule has 7 heteroatoms. The standard InChI is InChI=1S/C30H47N4O3/c1-22-20-24(34(19-6-8-23(34)2)25-11-15-31-21-25)9-10-26(22)33-16-7-12-30(27(33)35)13-17-32(18-14-30)28(36)37-29(3,4)5/h9-10,20,23,25,31H,6-8,11-19,21H2,1-5H3/q+1/t23-,25-,34?/m0/s1. The molecule has 1 N–H and O–H groups in total. The zero-order valence-electron chi connectivity index (χ0n) is 23.6. The molecule has 1 aromatic rings. The van der Waals surface area contributed by atoms with Crippen LogP contribution in [-0.4, -0.2) is 73.9 Å². The number of ether oxygens (including phenoxy) is 1. The zero-order chi connectivity index (χ0) is 26.4. The second kappa shape index (κ2) is 9.88. The van der Waals surface area contributed by atoms with Crippen LogP contribution in [0.5, 0.6) is 0 Å². The number of anilines is 1. The Morgan fingerprint density at radius 1 is 1.11 bits per heavy atom. The molecule has 4 saturated heterocycles. The summed E-state index contributed by atoms with van der Waals surface area (Å²) in [6.07, 6.45) is 6.88. The summed E-state index contributed by atoms with van der Waals surface area (Å²) >= 11 is 0. The molecule has 4 aliphatic rings. The predicted molar refractivity (Wildman–Crippen MR) is 149 cm³/mol. The van der Waals surface area contributed by atoms with E-state index in [0.29, 0.717) is 38.0 Å². The Labute approximate surface area is 223 Å². The van der Waals surface area contributed by atoms with Gasteiger partial charge in [0.25, 0.3) is 0 Å². The second-order valence-electron chi connectivity index (χ2n) is 13.1. The van der Waals surface area contributed by atoms with Gasteiger partial charge in [0, 0.05) is 69.8 Å². The molecule has 3 atom stereocenters. The van der Waals surface area contributed by atoms with Crippen LogP contribution < -0.4 is 14.7 Å². The van der Waals surface area contributed by atoms with Crippen molar-refractivity contribution in [3.63, 3.8) is 0 Å². The van der Waals surface area contributed by atoms with Crippen molar-refractivity contribution in [3.8, 4) is 0 Å². The Morgan fingerprint density at radius 3 is 2.46 bits per heavy atom. The molecular formula is C30H47N4O3+. The van der Waals surface area contributed by atoms with Crippen LogP contribution in [0.25, 0.3) is 0 Å². The van der Waals surface area contributed by atoms with Crippen molar-refractivity contribution in [2.24, 2.45) is 5.41 Å². The summed E-state index contributed by atoms with van der Waals surface area (Å²) in [6.45, 7) is 15.7. The lowest BCUT2D eigenvalue weighted by Gasteiger charge is -2.47. The van der Waals surface area contributed by atoms with Gasteiger partial charge in [-0.3, -0.25) is 9.28 Å². The van der Waals surface area contributed by atoms with E-state index < -0.39 is 5.60 Å². The Kier molecular flexibility index (Phi) is 7.07. The normalized spacial score (nSPS) is 30.2. The van der Waals surface area contributed by atoms with Crippen LogP contribution in [0.4, 0.5) is 16.2 Å². The number of piperidine rings is 2. The van der Waals surface area contributed by atoms with Crippen LogP contribution in [0.15, 0.2) is 18.2 Å². The lowest BCUT2D eigenvalue weighted by Crippen LogP contribution is -2.59. The molecule has 7 nitrogen and oxygen atoms in total. The minimum absolute atomic E-state index is 0.247. The molecule has 1 aromatic carbocycles. The summed E-state index contributed by atoms with van der Waals surface area (Å²) in [5, 5.41) is 3.60. The highest BCUT2D eigenvalue weighted by atomic mass is 16.6. The Morgan fingerprint density at radius 2 is 1.86 bits per heavy atom. The number of hydrogen-bond acceptors (Lipinski definition) is 4. The summed E-state index contributed by atoms with van der Waals surface area (Å²) in [5.41, 5.74) is 2.82. The largest absolute Gasteiger partial charge is 0.444 e. The van der Waals surface area contributed by atoms with Gasteiger partial charge < -0.3 is 19.9 Å². The molecule has 0 radical (unpaired) electrons. The van der Waals surface area contributed by atoms with Crippen LogP contribution in [0.1, 0.15) is 78.2 Å². The van der Waals surface area contributed by atoms with E-state index in [2.05, 4.69) is 42.3 Å². The molecule has 204 valence electrons. The van der Waals surface area contributed by atoms with Crippen LogP contribution in [0.2, 0.25) is 0 Å². The summed E-state index contributed by atoms with van der Waals surface area (Å²) in [6, 6.07) is 8.20. The van der Waals surface area contributed by atoms with E-state index in [1.165, 1.54) is 37.1 Å². The molecule has 1 spiro atoms. The van der Waals surface area contributed by atoms with E-state index in [0.717, 1.165) is 42.6 Å². The Hall–Kier alpha value is -2.12. The predicted octanol–water partition coefficient (Wildman–Crippen LogP) is 4.99. The van der Waals surface area contributed by atoms with Gasteiger partial charge in [-0.25, -0.2) is 4.79 Å². The maximum Gasteiger partial charge on any atom is 0.410 e. The fraction of sp³-hybridized carbons (Fsp3) is 0.733. The van der Waals surface area contributed by atoms with E-state index >= 15 is 0 Å². The van der Waals surface area contributed by atoms with Gasteiger partial charge in [0.2, 0.25) is 5.91 Å². The van der Waals surface area contributed by atoms with Gasteiger partial charge >= 0.3 is 6.09 Å². The van der Waals surface area contributed by atoms with Crippen molar-refractivity contribution in [3.05, 3.63) is 23.8 Å². The third-order valence-electron chi connectivity index (χ3n) is 9.68. The van der Waals surface area contributed by atoms with Gasteiger partial charge in [-0.15, -0.1) is 0 Å². The maximum absolute atomic E-state index is 14.0. The number of quaternary nitrogens is 1. The first-order valence-electron chi connectivity index (χ1n) is 14.6. The SMILES string of the molecule is Cc1cc([N+]2([C@H]3CCNC3)CCC[C@@H]2C)ccc1N1CCCC2(CCN(C(=O)OC(C)(C)C)CC2)C1=O. The fourth-order valence-corrected chi connectivity index (χ4v) is 7.68. The molecule has 2 amide bonds. The maximum atomic E-state index is 14.0. The lowest BCUT2D eigenvalue weighted by molar-refractivity contribution is -0.133. The van der Waals surface area contributed by atoms with E-state index in [-0.39, 0.29) is 17.4 Å². The minimum Gasteiger partial charge on any atom is -0.444 e.